The van der Waals surface area contributed by atoms with E-state index in [1.807, 2.05) is 0 Å². The highest BCUT2D eigenvalue weighted by atomic mass is 19.3. The van der Waals surface area contributed by atoms with Gasteiger partial charge in [-0.05, 0) is 12.1 Å². The maximum atomic E-state index is 12.9. The summed E-state index contributed by atoms with van der Waals surface area (Å²) in [5.74, 6) is -0.425. The van der Waals surface area contributed by atoms with Gasteiger partial charge in [0, 0.05) is 37.2 Å². The Morgan fingerprint density at radius 3 is 2.79 bits per heavy atom. The van der Waals surface area contributed by atoms with E-state index >= 15 is 0 Å². The van der Waals surface area contributed by atoms with Crippen LogP contribution in [0.4, 0.5) is 14.5 Å². The highest BCUT2D eigenvalue weighted by molar-refractivity contribution is 5.96. The number of hydrogen-bond acceptors (Lipinski definition) is 4. The number of carbonyl (C=O) groups is 1. The van der Waals surface area contributed by atoms with E-state index in [1.165, 1.54) is 23.1 Å². The Bertz CT molecular complexity index is 534. The Labute approximate surface area is 107 Å². The minimum absolute atomic E-state index is 0.0564. The van der Waals surface area contributed by atoms with Crippen LogP contribution in [-0.2, 0) is 4.79 Å². The number of hydrogen-bond donors (Lipinski definition) is 1. The van der Waals surface area contributed by atoms with Gasteiger partial charge >= 0.3 is 6.29 Å². The highest BCUT2D eigenvalue weighted by Crippen LogP contribution is 2.43. The van der Waals surface area contributed by atoms with Crippen molar-refractivity contribution in [2.75, 3.05) is 18.1 Å². The topological polar surface area (TPSA) is 59.0 Å². The van der Waals surface area contributed by atoms with Gasteiger partial charge in [0.05, 0.1) is 0 Å². The predicted molar refractivity (Wildman–Crippen MR) is 60.2 cm³/mol. The van der Waals surface area contributed by atoms with Crippen LogP contribution < -0.4 is 14.4 Å². The van der Waals surface area contributed by atoms with Crippen LogP contribution in [0.15, 0.2) is 18.2 Å². The van der Waals surface area contributed by atoms with Gasteiger partial charge in [0.1, 0.15) is 0 Å². The van der Waals surface area contributed by atoms with E-state index in [0.29, 0.717) is 12.2 Å². The van der Waals surface area contributed by atoms with Gasteiger partial charge in [-0.1, -0.05) is 0 Å². The Morgan fingerprint density at radius 2 is 2.11 bits per heavy atom. The van der Waals surface area contributed by atoms with E-state index in [4.69, 9.17) is 5.11 Å². The number of benzene rings is 1. The number of amides is 1. The monoisotopic (exact) mass is 271 g/mol. The average molecular weight is 271 g/mol. The number of ether oxygens (including phenoxy) is 2. The molecule has 0 aromatic heterocycles. The zero-order chi connectivity index (χ0) is 13.6. The van der Waals surface area contributed by atoms with Crippen LogP contribution in [0.5, 0.6) is 11.5 Å². The van der Waals surface area contributed by atoms with Gasteiger partial charge in [0.15, 0.2) is 11.5 Å². The third-order valence-corrected chi connectivity index (χ3v) is 3.16. The van der Waals surface area contributed by atoms with Crippen LogP contribution in [0.3, 0.4) is 0 Å². The second kappa shape index (κ2) is 4.06. The van der Waals surface area contributed by atoms with Crippen molar-refractivity contribution in [3.05, 3.63) is 18.2 Å². The molecule has 7 heteroatoms. The normalized spacial score (nSPS) is 24.1. The molecule has 0 saturated carbocycles. The Hall–Kier alpha value is -1.89. The molecule has 3 rings (SSSR count). The molecule has 102 valence electrons. The molecule has 5 nitrogen and oxygen atoms in total. The summed E-state index contributed by atoms with van der Waals surface area (Å²) < 4.78 is 34.4. The van der Waals surface area contributed by atoms with Gasteiger partial charge in [-0.15, -0.1) is 8.78 Å². The molecule has 19 heavy (non-hydrogen) atoms. The van der Waals surface area contributed by atoms with Crippen molar-refractivity contribution in [3.8, 4) is 11.5 Å². The Balaban J connectivity index is 1.86. The molecule has 1 amide bonds. The van der Waals surface area contributed by atoms with Gasteiger partial charge in [0.25, 0.3) is 0 Å². The molecule has 0 spiro atoms. The molecule has 2 aliphatic heterocycles. The van der Waals surface area contributed by atoms with Crippen molar-refractivity contribution in [1.82, 2.24) is 0 Å². The minimum atomic E-state index is -3.66. The number of alkyl halides is 2. The smallest absolute Gasteiger partial charge is 0.396 e. The lowest BCUT2D eigenvalue weighted by Crippen LogP contribution is -2.26. The molecular weight excluding hydrogens is 260 g/mol. The standard InChI is InChI=1S/C12H11F2NO4/c13-12(14)18-9-2-1-8(4-10(9)19-12)15-5-7(6-16)3-11(15)17/h1-2,4,7,16H,3,5-6H2. The van der Waals surface area contributed by atoms with Crippen LogP contribution >= 0.6 is 0 Å². The minimum Gasteiger partial charge on any atom is -0.396 e. The molecule has 0 radical (unpaired) electrons. The molecule has 0 bridgehead atoms. The first kappa shape index (κ1) is 12.2. The maximum absolute atomic E-state index is 12.9. The Kier molecular flexibility index (Phi) is 2.60. The number of anilines is 1. The first-order valence-corrected chi connectivity index (χ1v) is 5.79. The third kappa shape index (κ3) is 2.10. The number of nitrogens with zero attached hydrogens (tertiary/aromatic N) is 1. The van der Waals surface area contributed by atoms with Crippen molar-refractivity contribution in [1.29, 1.82) is 0 Å². The lowest BCUT2D eigenvalue weighted by atomic mass is 10.1. The molecule has 1 aromatic carbocycles. The number of aliphatic hydroxyl groups is 1. The number of aliphatic hydroxyl groups excluding tert-OH is 1. The van der Waals surface area contributed by atoms with Gasteiger partial charge in [-0.3, -0.25) is 4.79 Å². The molecule has 1 fully saturated rings. The van der Waals surface area contributed by atoms with E-state index in [0.717, 1.165) is 0 Å². The molecule has 2 aliphatic rings. The highest BCUT2D eigenvalue weighted by Gasteiger charge is 2.44. The van der Waals surface area contributed by atoms with Crippen LogP contribution in [0.2, 0.25) is 0 Å². The molecule has 1 atom stereocenters. The van der Waals surface area contributed by atoms with Crippen molar-refractivity contribution >= 4 is 11.6 Å². The first-order valence-electron chi connectivity index (χ1n) is 5.79. The van der Waals surface area contributed by atoms with E-state index in [1.54, 1.807) is 0 Å². The number of fused-ring (bicyclic) bond motifs is 1. The van der Waals surface area contributed by atoms with Gasteiger partial charge in [0.2, 0.25) is 5.91 Å². The van der Waals surface area contributed by atoms with Crippen molar-refractivity contribution in [2.24, 2.45) is 5.92 Å². The van der Waals surface area contributed by atoms with Crippen LogP contribution in [0.25, 0.3) is 0 Å². The SMILES string of the molecule is O=C1CC(CO)CN1c1ccc2c(c1)OC(F)(F)O2. The molecular formula is C12H11F2NO4. The van der Waals surface area contributed by atoms with Crippen LogP contribution in [0.1, 0.15) is 6.42 Å². The third-order valence-electron chi connectivity index (χ3n) is 3.16. The summed E-state index contributed by atoms with van der Waals surface area (Å²) in [5.41, 5.74) is 0.459. The Morgan fingerprint density at radius 1 is 1.37 bits per heavy atom. The van der Waals surface area contributed by atoms with E-state index < -0.39 is 6.29 Å². The van der Waals surface area contributed by atoms with Gasteiger partial charge in [-0.2, -0.15) is 0 Å². The van der Waals surface area contributed by atoms with E-state index in [-0.39, 0.29) is 36.4 Å². The molecule has 0 aliphatic carbocycles. The fraction of sp³-hybridized carbons (Fsp3) is 0.417. The largest absolute Gasteiger partial charge is 0.586 e. The summed E-state index contributed by atoms with van der Waals surface area (Å²) in [6, 6.07) is 4.19. The zero-order valence-corrected chi connectivity index (χ0v) is 9.81. The fourth-order valence-corrected chi connectivity index (χ4v) is 2.26. The molecule has 2 heterocycles. The summed E-state index contributed by atoms with van der Waals surface area (Å²) in [5, 5.41) is 9.05. The predicted octanol–water partition coefficient (Wildman–Crippen LogP) is 1.35. The second-order valence-corrected chi connectivity index (χ2v) is 4.56. The molecule has 1 saturated heterocycles. The fourth-order valence-electron chi connectivity index (χ4n) is 2.26. The molecule has 1 N–H and O–H groups in total. The van der Waals surface area contributed by atoms with Crippen molar-refractivity contribution in [2.45, 2.75) is 12.7 Å². The van der Waals surface area contributed by atoms with Gasteiger partial charge < -0.3 is 19.5 Å². The van der Waals surface area contributed by atoms with Crippen molar-refractivity contribution in [3.63, 3.8) is 0 Å². The maximum Gasteiger partial charge on any atom is 0.586 e. The molecule has 1 unspecified atom stereocenters. The van der Waals surface area contributed by atoms with Crippen molar-refractivity contribution < 1.29 is 28.2 Å². The lowest BCUT2D eigenvalue weighted by molar-refractivity contribution is -0.286. The summed E-state index contributed by atoms with van der Waals surface area (Å²) in [6.07, 6.45) is -3.41. The van der Waals surface area contributed by atoms with Crippen LogP contribution in [-0.4, -0.2) is 30.5 Å². The van der Waals surface area contributed by atoms with Gasteiger partial charge in [-0.25, -0.2) is 0 Å². The molecule has 1 aromatic rings. The summed E-state index contributed by atoms with van der Waals surface area (Å²) in [7, 11) is 0. The number of rotatable bonds is 2. The summed E-state index contributed by atoms with van der Waals surface area (Å²) in [6.45, 7) is 0.288. The zero-order valence-electron chi connectivity index (χ0n) is 9.81. The average Bonchev–Trinajstić information content (AvgIpc) is 2.86. The lowest BCUT2D eigenvalue weighted by Gasteiger charge is -2.16. The number of halogens is 2. The quantitative estimate of drug-likeness (QED) is 0.882. The van der Waals surface area contributed by atoms with E-state index in [2.05, 4.69) is 9.47 Å². The summed E-state index contributed by atoms with van der Waals surface area (Å²) in [4.78, 5) is 13.2. The second-order valence-electron chi connectivity index (χ2n) is 4.56. The first-order chi connectivity index (χ1) is 8.98. The van der Waals surface area contributed by atoms with Crippen LogP contribution in [0, 0.1) is 5.92 Å². The van der Waals surface area contributed by atoms with E-state index in [9.17, 15) is 13.6 Å². The summed E-state index contributed by atoms with van der Waals surface area (Å²) >= 11 is 0. The number of carbonyl (C=O) groups excluding carboxylic acids is 1.